The average molecular weight is 181 g/mol. The first-order valence-electron chi connectivity index (χ1n) is 4.17. The van der Waals surface area contributed by atoms with E-state index >= 15 is 0 Å². The van der Waals surface area contributed by atoms with Gasteiger partial charge in [-0.25, -0.2) is 4.68 Å². The minimum absolute atomic E-state index is 0.369. The third-order valence-corrected chi connectivity index (χ3v) is 2.28. The monoisotopic (exact) mass is 181 g/mol. The van der Waals surface area contributed by atoms with Gasteiger partial charge in [0.1, 0.15) is 5.82 Å². The molecular formula is C8H11N3O2. The minimum atomic E-state index is -0.772. The molecule has 0 saturated heterocycles. The van der Waals surface area contributed by atoms with Gasteiger partial charge in [-0.3, -0.25) is 4.79 Å². The predicted molar refractivity (Wildman–Crippen MR) is 46.6 cm³/mol. The zero-order chi connectivity index (χ0) is 9.42. The maximum Gasteiger partial charge on any atom is 0.310 e. The number of carboxylic acid groups (broad SMARTS) is 1. The number of nitrogens with one attached hydrogen (secondary N) is 1. The van der Waals surface area contributed by atoms with Gasteiger partial charge in [-0.05, 0) is 6.92 Å². The van der Waals surface area contributed by atoms with Gasteiger partial charge in [0.15, 0.2) is 0 Å². The van der Waals surface area contributed by atoms with E-state index in [9.17, 15) is 4.79 Å². The Morgan fingerprint density at radius 2 is 2.62 bits per heavy atom. The number of nitrogens with zero attached hydrogens (tertiary/aromatic N) is 2. The second-order valence-electron chi connectivity index (χ2n) is 3.27. The Balaban J connectivity index is 2.25. The van der Waals surface area contributed by atoms with Crippen molar-refractivity contribution >= 4 is 11.8 Å². The largest absolute Gasteiger partial charge is 0.481 e. The van der Waals surface area contributed by atoms with Crippen LogP contribution in [0.25, 0.3) is 0 Å². The van der Waals surface area contributed by atoms with Crippen LogP contribution < -0.4 is 5.32 Å². The van der Waals surface area contributed by atoms with Gasteiger partial charge in [0.25, 0.3) is 0 Å². The quantitative estimate of drug-likeness (QED) is 0.654. The number of carboxylic acids is 1. The molecule has 0 aromatic carbocycles. The maximum absolute atomic E-state index is 10.7. The maximum atomic E-state index is 10.7. The summed E-state index contributed by atoms with van der Waals surface area (Å²) in [6, 6.07) is 0. The molecule has 1 aliphatic heterocycles. The van der Waals surface area contributed by atoms with Gasteiger partial charge < -0.3 is 10.4 Å². The van der Waals surface area contributed by atoms with Crippen LogP contribution in [0, 0.1) is 12.8 Å². The number of hydrogen-bond acceptors (Lipinski definition) is 3. The summed E-state index contributed by atoms with van der Waals surface area (Å²) in [6.07, 6.45) is 1.74. The molecule has 2 heterocycles. The summed E-state index contributed by atoms with van der Waals surface area (Å²) in [7, 11) is 0. The Morgan fingerprint density at radius 3 is 3.31 bits per heavy atom. The number of aryl methyl sites for hydroxylation is 1. The fourth-order valence-electron chi connectivity index (χ4n) is 1.51. The highest BCUT2D eigenvalue weighted by Crippen LogP contribution is 2.20. The predicted octanol–water partition coefficient (Wildman–Crippen LogP) is 0.318. The molecule has 0 amide bonds. The second-order valence-corrected chi connectivity index (χ2v) is 3.27. The first-order chi connectivity index (χ1) is 6.18. The van der Waals surface area contributed by atoms with Gasteiger partial charge in [0, 0.05) is 12.1 Å². The molecule has 0 radical (unpaired) electrons. The van der Waals surface area contributed by atoms with Gasteiger partial charge in [0.05, 0.1) is 18.7 Å². The van der Waals surface area contributed by atoms with Crippen molar-refractivity contribution in [1.29, 1.82) is 0 Å². The molecular weight excluding hydrogens is 170 g/mol. The van der Waals surface area contributed by atoms with Crippen LogP contribution in [0.15, 0.2) is 6.20 Å². The van der Waals surface area contributed by atoms with Crippen LogP contribution in [0.5, 0.6) is 0 Å². The number of rotatable bonds is 1. The summed E-state index contributed by atoms with van der Waals surface area (Å²) in [5.74, 6) is -0.199. The van der Waals surface area contributed by atoms with Gasteiger partial charge in [-0.2, -0.15) is 5.10 Å². The van der Waals surface area contributed by atoms with Crippen molar-refractivity contribution in [2.45, 2.75) is 13.5 Å². The zero-order valence-corrected chi connectivity index (χ0v) is 7.32. The molecule has 0 saturated carbocycles. The highest BCUT2D eigenvalue weighted by molar-refractivity contribution is 5.71. The number of anilines is 1. The number of hydrogen-bond donors (Lipinski definition) is 2. The third-order valence-electron chi connectivity index (χ3n) is 2.28. The fourth-order valence-corrected chi connectivity index (χ4v) is 1.51. The molecule has 0 fully saturated rings. The van der Waals surface area contributed by atoms with Crippen molar-refractivity contribution in [3.05, 3.63) is 11.8 Å². The summed E-state index contributed by atoms with van der Waals surface area (Å²) in [6.45, 7) is 2.90. The molecule has 0 bridgehead atoms. The lowest BCUT2D eigenvalue weighted by molar-refractivity contribution is -0.141. The topological polar surface area (TPSA) is 67.2 Å². The molecule has 70 valence electrons. The molecule has 2 rings (SSSR count). The fraction of sp³-hybridized carbons (Fsp3) is 0.500. The molecule has 13 heavy (non-hydrogen) atoms. The zero-order valence-electron chi connectivity index (χ0n) is 7.32. The van der Waals surface area contributed by atoms with Crippen molar-refractivity contribution in [2.24, 2.45) is 5.92 Å². The molecule has 0 aliphatic carbocycles. The van der Waals surface area contributed by atoms with Crippen molar-refractivity contribution in [3.63, 3.8) is 0 Å². The van der Waals surface area contributed by atoms with Crippen molar-refractivity contribution < 1.29 is 9.90 Å². The SMILES string of the molecule is Cc1cnn2c1NCC(C(=O)O)C2. The molecule has 5 nitrogen and oxygen atoms in total. The molecule has 5 heteroatoms. The van der Waals surface area contributed by atoms with Gasteiger partial charge in [0.2, 0.25) is 0 Å². The molecule has 1 aromatic rings. The van der Waals surface area contributed by atoms with Crippen LogP contribution in [0.2, 0.25) is 0 Å². The third kappa shape index (κ3) is 1.26. The van der Waals surface area contributed by atoms with Gasteiger partial charge in [-0.1, -0.05) is 0 Å². The van der Waals surface area contributed by atoms with Crippen LogP contribution in [-0.2, 0) is 11.3 Å². The second kappa shape index (κ2) is 2.76. The molecule has 2 N–H and O–H groups in total. The Labute approximate surface area is 75.4 Å². The summed E-state index contributed by atoms with van der Waals surface area (Å²) in [5, 5.41) is 15.9. The van der Waals surface area contributed by atoms with E-state index in [4.69, 9.17) is 5.11 Å². The highest BCUT2D eigenvalue weighted by Gasteiger charge is 2.25. The minimum Gasteiger partial charge on any atom is -0.481 e. The van der Waals surface area contributed by atoms with Crippen LogP contribution in [-0.4, -0.2) is 27.4 Å². The molecule has 1 atom stereocenters. The Hall–Kier alpha value is -1.52. The van der Waals surface area contributed by atoms with Crippen molar-refractivity contribution in [3.8, 4) is 0 Å². The van der Waals surface area contributed by atoms with Gasteiger partial charge in [-0.15, -0.1) is 0 Å². The number of fused-ring (bicyclic) bond motifs is 1. The summed E-state index contributed by atoms with van der Waals surface area (Å²) >= 11 is 0. The van der Waals surface area contributed by atoms with Crippen molar-refractivity contribution in [2.75, 3.05) is 11.9 Å². The Morgan fingerprint density at radius 1 is 1.85 bits per heavy atom. The Kier molecular flexibility index (Phi) is 1.72. The number of aromatic nitrogens is 2. The molecule has 1 aliphatic rings. The summed E-state index contributed by atoms with van der Waals surface area (Å²) in [5.41, 5.74) is 1.06. The van der Waals surface area contributed by atoms with Gasteiger partial charge >= 0.3 is 5.97 Å². The van der Waals surface area contributed by atoms with Crippen LogP contribution in [0.4, 0.5) is 5.82 Å². The molecule has 1 aromatic heterocycles. The van der Waals surface area contributed by atoms with Crippen molar-refractivity contribution in [1.82, 2.24) is 9.78 Å². The van der Waals surface area contributed by atoms with E-state index in [0.29, 0.717) is 13.1 Å². The smallest absolute Gasteiger partial charge is 0.310 e. The first kappa shape index (κ1) is 8.10. The van der Waals surface area contributed by atoms with E-state index in [0.717, 1.165) is 11.4 Å². The summed E-state index contributed by atoms with van der Waals surface area (Å²) in [4.78, 5) is 10.7. The first-order valence-corrected chi connectivity index (χ1v) is 4.17. The normalized spacial score (nSPS) is 20.5. The molecule has 0 spiro atoms. The average Bonchev–Trinajstić information content (AvgIpc) is 2.47. The van der Waals surface area contributed by atoms with Crippen LogP contribution >= 0.6 is 0 Å². The standard InChI is InChI=1S/C8H11N3O2/c1-5-2-10-11-4-6(8(12)13)3-9-7(5)11/h2,6,9H,3-4H2,1H3,(H,12,13). The summed E-state index contributed by atoms with van der Waals surface area (Å²) < 4.78 is 1.71. The van der Waals surface area contributed by atoms with E-state index in [1.807, 2.05) is 6.92 Å². The Bertz CT molecular complexity index is 345. The molecule has 1 unspecified atom stereocenters. The van der Waals surface area contributed by atoms with E-state index in [-0.39, 0.29) is 5.92 Å². The van der Waals surface area contributed by atoms with E-state index in [1.165, 1.54) is 0 Å². The number of aliphatic carboxylic acids is 1. The van der Waals surface area contributed by atoms with E-state index < -0.39 is 5.97 Å². The number of carbonyl (C=O) groups is 1. The highest BCUT2D eigenvalue weighted by atomic mass is 16.4. The van der Waals surface area contributed by atoms with Crippen LogP contribution in [0.3, 0.4) is 0 Å². The lowest BCUT2D eigenvalue weighted by Crippen LogP contribution is -2.33. The lowest BCUT2D eigenvalue weighted by Gasteiger charge is -2.22. The lowest BCUT2D eigenvalue weighted by atomic mass is 10.1. The van der Waals surface area contributed by atoms with E-state index in [1.54, 1.807) is 10.9 Å². The van der Waals surface area contributed by atoms with Crippen LogP contribution in [0.1, 0.15) is 5.56 Å². The van der Waals surface area contributed by atoms with E-state index in [2.05, 4.69) is 10.4 Å².